The number of rotatable bonds is 17. The van der Waals surface area contributed by atoms with Crippen LogP contribution >= 0.6 is 0 Å². The third kappa shape index (κ3) is 13.8. The number of Topliss-reactive ketones (excluding diaryl/α,β-unsaturated/α-hetero) is 2. The molecule has 6 aliphatic rings. The van der Waals surface area contributed by atoms with Crippen LogP contribution in [0.2, 0.25) is 0 Å². The smallest absolute Gasteiger partial charge is 0.303 e. The summed E-state index contributed by atoms with van der Waals surface area (Å²) in [4.78, 5) is 52.9. The monoisotopic (exact) mass is 1150 g/mol. The fraction of sp³-hybridized carbons (Fsp3) is 0.745. The molecule has 0 saturated carbocycles. The minimum Gasteiger partial charge on any atom is -0.507 e. The number of phenolic OH excluding ortho intramolecular Hbond substituents is 2. The molecule has 0 amide bonds. The average Bonchev–Trinajstić information content (AvgIpc) is 3.56. The van der Waals surface area contributed by atoms with Gasteiger partial charge >= 0.3 is 11.9 Å². The summed E-state index contributed by atoms with van der Waals surface area (Å²) in [5, 5.41) is 99.3. The number of hydrogen-bond donors (Lipinski definition) is 9. The first kappa shape index (κ1) is 62.7. The van der Waals surface area contributed by atoms with Gasteiger partial charge in [0.15, 0.2) is 48.9 Å². The average molecular weight is 1160 g/mol. The second-order valence-corrected chi connectivity index (χ2v) is 22.5. The van der Waals surface area contributed by atoms with Crippen LogP contribution in [-0.4, -0.2) is 223 Å². The molecule has 26 heteroatoms. The number of aliphatic hydroxyl groups excluding tert-OH is 6. The zero-order valence-corrected chi connectivity index (χ0v) is 46.8. The Kier molecular flexibility index (Phi) is 19.8. The molecule has 454 valence electrons. The van der Waals surface area contributed by atoms with E-state index in [-0.39, 0.29) is 66.2 Å². The largest absolute Gasteiger partial charge is 0.507 e. The quantitative estimate of drug-likeness (QED) is 0.0979. The summed E-state index contributed by atoms with van der Waals surface area (Å²) < 4.78 is 78.0. The molecular weight excluding hydrogens is 1080 g/mol. The number of fused-ring (bicyclic) bond motifs is 2. The summed E-state index contributed by atoms with van der Waals surface area (Å²) in [7, 11) is 1.17. The van der Waals surface area contributed by atoms with Crippen molar-refractivity contribution in [2.75, 3.05) is 7.11 Å². The van der Waals surface area contributed by atoms with Gasteiger partial charge in [-0.25, -0.2) is 0 Å². The van der Waals surface area contributed by atoms with Gasteiger partial charge in [-0.3, -0.25) is 19.2 Å². The lowest BCUT2D eigenvalue weighted by molar-refractivity contribution is -0.334. The lowest BCUT2D eigenvalue weighted by Gasteiger charge is -2.46. The molecule has 8 rings (SSSR count). The van der Waals surface area contributed by atoms with Crippen LogP contribution in [-0.2, 0) is 77.6 Å². The molecule has 81 heavy (non-hydrogen) atoms. The van der Waals surface area contributed by atoms with Crippen molar-refractivity contribution in [1.29, 1.82) is 0 Å². The van der Waals surface area contributed by atoms with E-state index < -0.39 is 188 Å². The van der Waals surface area contributed by atoms with Gasteiger partial charge in [-0.15, -0.1) is 0 Å². The molecule has 2 aromatic carbocycles. The van der Waals surface area contributed by atoms with Crippen molar-refractivity contribution in [2.45, 2.75) is 248 Å². The first-order valence-electron chi connectivity index (χ1n) is 27.4. The van der Waals surface area contributed by atoms with E-state index in [1.807, 2.05) is 0 Å². The predicted octanol–water partition coefficient (Wildman–Crippen LogP) is 0.584. The van der Waals surface area contributed by atoms with E-state index in [0.29, 0.717) is 0 Å². The third-order valence-electron chi connectivity index (χ3n) is 16.0. The summed E-state index contributed by atoms with van der Waals surface area (Å²) in [6.45, 7) is 13.0. The minimum absolute atomic E-state index is 0.0277. The lowest BCUT2D eigenvalue weighted by Crippen LogP contribution is -2.59. The Bertz CT molecular complexity index is 2550. The molecule has 5 heterocycles. The highest BCUT2D eigenvalue weighted by molar-refractivity contribution is 6.11. The number of ketones is 2. The van der Waals surface area contributed by atoms with Gasteiger partial charge < -0.3 is 108 Å². The van der Waals surface area contributed by atoms with Crippen molar-refractivity contribution in [3.05, 3.63) is 29.3 Å². The Labute approximate surface area is 467 Å². The highest BCUT2D eigenvalue weighted by Crippen LogP contribution is 2.46. The normalized spacial score (nSPS) is 40.4. The summed E-state index contributed by atoms with van der Waals surface area (Å²) in [5.74, 6) is -5.51. The number of benzene rings is 2. The number of esters is 2. The standard InChI is InChI=1S/C55H78O26/c1-20(56)44(61)50(67)52(69-10)31-13-29-11-28-12-30(77-38-18-36(51(24(5)73-38)75-26(7)57)80-37-15-33(60)45(62)21(2)70-37)14-32(59)42(28)48(65)43(29)49(66)53(31)81-40-17-34(46(63)23(4)72-40)78-39-16-35(47(64)22(3)71-39)79-41-19-55(9,68)54(25(6)74-41)76-27(8)58/h11-12,14,20-25,31,33-41,44-47,51-54,56,59-65,68H,13,15-19H2,1-10H3/t20-,21+,22+,23+,24-,25-,31+,33+,34-,35-,36-,37+,38-,39-,40-,41+,44+,45+,46-,47-,51+,52-,53-,54+,55-/m1/s1. The third-order valence-corrected chi connectivity index (χ3v) is 16.0. The Morgan fingerprint density at radius 3 is 1.78 bits per heavy atom. The van der Waals surface area contributed by atoms with Gasteiger partial charge in [0.25, 0.3) is 0 Å². The fourth-order valence-electron chi connectivity index (χ4n) is 11.9. The van der Waals surface area contributed by atoms with Gasteiger partial charge in [0, 0.05) is 65.0 Å². The van der Waals surface area contributed by atoms with E-state index in [9.17, 15) is 60.3 Å². The summed E-state index contributed by atoms with van der Waals surface area (Å²) in [6.07, 6.45) is -27.3. The number of hydrogen-bond acceptors (Lipinski definition) is 26. The Morgan fingerprint density at radius 1 is 0.679 bits per heavy atom. The molecule has 26 nitrogen and oxygen atoms in total. The van der Waals surface area contributed by atoms with Crippen LogP contribution < -0.4 is 4.74 Å². The maximum atomic E-state index is 15.0. The van der Waals surface area contributed by atoms with Crippen LogP contribution in [0.15, 0.2) is 18.2 Å². The molecular formula is C55H78O26. The highest BCUT2D eigenvalue weighted by atomic mass is 16.7. The van der Waals surface area contributed by atoms with Crippen LogP contribution in [0.5, 0.6) is 17.2 Å². The van der Waals surface area contributed by atoms with E-state index in [1.54, 1.807) is 27.7 Å². The molecule has 0 aromatic heterocycles. The molecule has 9 N–H and O–H groups in total. The van der Waals surface area contributed by atoms with Gasteiger partial charge in [0.1, 0.15) is 65.6 Å². The minimum atomic E-state index is -1.96. The predicted molar refractivity (Wildman–Crippen MR) is 273 cm³/mol. The topological polar surface area (TPSA) is 370 Å². The first-order chi connectivity index (χ1) is 38.0. The number of aliphatic hydroxyl groups is 7. The van der Waals surface area contributed by atoms with E-state index >= 15 is 4.79 Å². The molecule has 25 atom stereocenters. The van der Waals surface area contributed by atoms with E-state index in [0.717, 1.165) is 0 Å². The first-order valence-corrected chi connectivity index (χ1v) is 27.4. The van der Waals surface area contributed by atoms with E-state index in [2.05, 4.69) is 0 Å². The molecule has 0 bridgehead atoms. The second kappa shape index (κ2) is 25.5. The number of phenols is 2. The molecule has 5 fully saturated rings. The number of carbonyl (C=O) groups excluding carboxylic acids is 4. The SMILES string of the molecule is CO[C@@H](C(=O)[C@@H](O)[C@@H](C)O)[C@@H]1Cc2cc3cc(O[C@@H]4C[C@@H](O[C@H]5C[C@H](O)[C@@H](O)[C@H](C)O5)[C@@H](OC(C)=O)[C@@H](C)O4)cc(O)c3c(O)c2C(=O)[C@@H]1O[C@@H]1C[C@@H](O[C@@H]2C[C@@H](O[C@H]3C[C@@](C)(O)[C@@H](OC(C)=O)[C@@H](C)O3)[C@H](O)[C@H](C)O2)[C@H](O)[C@H](C)O1. The number of methoxy groups -OCH3 is 1. The summed E-state index contributed by atoms with van der Waals surface area (Å²) in [5.41, 5.74) is -1.67. The lowest BCUT2D eigenvalue weighted by atomic mass is 9.75. The highest BCUT2D eigenvalue weighted by Gasteiger charge is 2.52. The van der Waals surface area contributed by atoms with Crippen molar-refractivity contribution in [1.82, 2.24) is 0 Å². The Hall–Kier alpha value is -4.30. The number of aromatic hydroxyl groups is 2. The van der Waals surface area contributed by atoms with Crippen molar-refractivity contribution in [3.63, 3.8) is 0 Å². The van der Waals surface area contributed by atoms with E-state index in [4.69, 9.17) is 61.6 Å². The number of ether oxygens (including phenoxy) is 13. The van der Waals surface area contributed by atoms with Crippen LogP contribution in [0.1, 0.15) is 110 Å². The number of carbonyl (C=O) groups is 4. The van der Waals surface area contributed by atoms with Crippen molar-refractivity contribution >= 4 is 34.3 Å². The van der Waals surface area contributed by atoms with Crippen molar-refractivity contribution in [2.24, 2.45) is 5.92 Å². The molecule has 2 aromatic rings. The van der Waals surface area contributed by atoms with Gasteiger partial charge in [-0.1, -0.05) is 0 Å². The van der Waals surface area contributed by atoms with Gasteiger partial charge in [-0.05, 0) is 78.0 Å². The van der Waals surface area contributed by atoms with E-state index in [1.165, 1.54) is 59.9 Å². The molecule has 0 spiro atoms. The fourth-order valence-corrected chi connectivity index (χ4v) is 11.9. The maximum Gasteiger partial charge on any atom is 0.303 e. The zero-order chi connectivity index (χ0) is 59.3. The zero-order valence-electron chi connectivity index (χ0n) is 46.8. The van der Waals surface area contributed by atoms with Crippen molar-refractivity contribution < 1.29 is 127 Å². The molecule has 5 saturated heterocycles. The Balaban J connectivity index is 1.03. The molecule has 0 unspecified atom stereocenters. The van der Waals surface area contributed by atoms with Crippen LogP contribution in [0, 0.1) is 5.92 Å². The van der Waals surface area contributed by atoms with Crippen LogP contribution in [0.3, 0.4) is 0 Å². The summed E-state index contributed by atoms with van der Waals surface area (Å²) in [6, 6.07) is 4.15. The van der Waals surface area contributed by atoms with Gasteiger partial charge in [0.05, 0.1) is 65.9 Å². The maximum absolute atomic E-state index is 15.0. The molecule has 5 aliphatic heterocycles. The van der Waals surface area contributed by atoms with Gasteiger partial charge in [-0.2, -0.15) is 0 Å². The Morgan fingerprint density at radius 2 is 1.21 bits per heavy atom. The van der Waals surface area contributed by atoms with Gasteiger partial charge in [0.2, 0.25) is 6.29 Å². The molecule has 1 aliphatic carbocycles. The van der Waals surface area contributed by atoms with Crippen LogP contribution in [0.25, 0.3) is 10.8 Å². The van der Waals surface area contributed by atoms with Crippen LogP contribution in [0.4, 0.5) is 0 Å². The summed E-state index contributed by atoms with van der Waals surface area (Å²) >= 11 is 0. The molecule has 0 radical (unpaired) electrons. The van der Waals surface area contributed by atoms with Crippen molar-refractivity contribution in [3.8, 4) is 17.2 Å². The second-order valence-electron chi connectivity index (χ2n) is 22.5.